The summed E-state index contributed by atoms with van der Waals surface area (Å²) in [5, 5.41) is 4.59. The van der Waals surface area contributed by atoms with Crippen LogP contribution in [0, 0.1) is 19.7 Å². The minimum atomic E-state index is -0.244. The van der Waals surface area contributed by atoms with Crippen LogP contribution >= 0.6 is 0 Å². The topological polar surface area (TPSA) is 33.4 Å². The van der Waals surface area contributed by atoms with Crippen LogP contribution in [0.15, 0.2) is 30.3 Å². The summed E-state index contributed by atoms with van der Waals surface area (Å²) >= 11 is 0. The highest BCUT2D eigenvalue weighted by molar-refractivity contribution is 5.80. The molecule has 3 aromatic rings. The molecule has 3 rings (SSSR count). The van der Waals surface area contributed by atoms with Crippen molar-refractivity contribution >= 4 is 11.5 Å². The molecule has 108 valence electrons. The summed E-state index contributed by atoms with van der Waals surface area (Å²) in [4.78, 5) is 6.62. The molecule has 0 saturated carbocycles. The fraction of sp³-hybridized carbons (Fsp3) is 0.250. The van der Waals surface area contributed by atoms with Crippen LogP contribution in [-0.2, 0) is 0 Å². The lowest BCUT2D eigenvalue weighted by molar-refractivity contribution is 0.628. The zero-order chi connectivity index (χ0) is 15.1. The van der Waals surface area contributed by atoms with Gasteiger partial charge in [-0.2, -0.15) is 9.61 Å². The van der Waals surface area contributed by atoms with Gasteiger partial charge in [0, 0.05) is 31.4 Å². The molecule has 0 aliphatic carbocycles. The van der Waals surface area contributed by atoms with Crippen molar-refractivity contribution in [1.82, 2.24) is 14.6 Å². The van der Waals surface area contributed by atoms with Crippen molar-refractivity contribution in [2.45, 2.75) is 13.8 Å². The number of nitrogens with zero attached hydrogens (tertiary/aromatic N) is 4. The van der Waals surface area contributed by atoms with Gasteiger partial charge in [-0.3, -0.25) is 0 Å². The van der Waals surface area contributed by atoms with Gasteiger partial charge >= 0.3 is 0 Å². The maximum Gasteiger partial charge on any atom is 0.165 e. The monoisotopic (exact) mass is 284 g/mol. The molecule has 4 nitrogen and oxygen atoms in total. The Balaban J connectivity index is 2.33. The molecule has 5 heteroatoms. The Morgan fingerprint density at radius 2 is 1.76 bits per heavy atom. The number of benzene rings is 1. The second-order valence-corrected chi connectivity index (χ2v) is 5.35. The summed E-state index contributed by atoms with van der Waals surface area (Å²) in [5.74, 6) is 0.722. The highest BCUT2D eigenvalue weighted by atomic mass is 19.1. The summed E-state index contributed by atoms with van der Waals surface area (Å²) in [6.45, 7) is 3.91. The average Bonchev–Trinajstić information content (AvgIpc) is 2.75. The lowest BCUT2D eigenvalue weighted by atomic mass is 10.1. The van der Waals surface area contributed by atoms with E-state index in [4.69, 9.17) is 0 Å². The first kappa shape index (κ1) is 13.5. The van der Waals surface area contributed by atoms with Gasteiger partial charge in [0.2, 0.25) is 0 Å². The minimum Gasteiger partial charge on any atom is -0.363 e. The van der Waals surface area contributed by atoms with E-state index in [0.717, 1.165) is 34.0 Å². The summed E-state index contributed by atoms with van der Waals surface area (Å²) in [6.07, 6.45) is 0. The molecule has 1 aromatic carbocycles. The van der Waals surface area contributed by atoms with Crippen molar-refractivity contribution in [1.29, 1.82) is 0 Å². The van der Waals surface area contributed by atoms with E-state index in [1.165, 1.54) is 12.1 Å². The van der Waals surface area contributed by atoms with Gasteiger partial charge in [-0.1, -0.05) is 12.1 Å². The minimum absolute atomic E-state index is 0.244. The number of fused-ring (bicyclic) bond motifs is 1. The van der Waals surface area contributed by atoms with E-state index in [1.807, 2.05) is 43.4 Å². The molecular weight excluding hydrogens is 267 g/mol. The van der Waals surface area contributed by atoms with Gasteiger partial charge in [-0.15, -0.1) is 0 Å². The molecule has 2 heterocycles. The first-order chi connectivity index (χ1) is 9.97. The van der Waals surface area contributed by atoms with E-state index in [0.29, 0.717) is 0 Å². The Bertz CT molecular complexity index is 803. The normalized spacial score (nSPS) is 11.1. The number of hydrogen-bond donors (Lipinski definition) is 0. The zero-order valence-electron chi connectivity index (χ0n) is 12.6. The third-order valence-electron chi connectivity index (χ3n) is 3.46. The smallest absolute Gasteiger partial charge is 0.165 e. The Kier molecular flexibility index (Phi) is 3.12. The van der Waals surface area contributed by atoms with Gasteiger partial charge in [0.1, 0.15) is 11.6 Å². The lowest BCUT2D eigenvalue weighted by Crippen LogP contribution is -2.14. The summed E-state index contributed by atoms with van der Waals surface area (Å²) in [7, 11) is 3.95. The fourth-order valence-corrected chi connectivity index (χ4v) is 2.50. The molecule has 0 unspecified atom stereocenters. The van der Waals surface area contributed by atoms with Crippen molar-refractivity contribution < 1.29 is 4.39 Å². The van der Waals surface area contributed by atoms with Crippen LogP contribution in [0.5, 0.6) is 0 Å². The molecule has 21 heavy (non-hydrogen) atoms. The molecule has 0 aliphatic rings. The van der Waals surface area contributed by atoms with Crippen molar-refractivity contribution in [3.05, 3.63) is 47.5 Å². The number of aryl methyl sites for hydroxylation is 2. The van der Waals surface area contributed by atoms with Crippen LogP contribution in [0.2, 0.25) is 0 Å². The van der Waals surface area contributed by atoms with Crippen LogP contribution in [0.3, 0.4) is 0 Å². The van der Waals surface area contributed by atoms with Crippen molar-refractivity contribution in [2.24, 2.45) is 0 Å². The predicted octanol–water partition coefficient (Wildman–Crippen LogP) is 3.22. The van der Waals surface area contributed by atoms with Crippen molar-refractivity contribution in [3.63, 3.8) is 0 Å². The molecule has 0 N–H and O–H groups in total. The van der Waals surface area contributed by atoms with Crippen LogP contribution in [0.25, 0.3) is 16.8 Å². The fourth-order valence-electron chi connectivity index (χ4n) is 2.50. The third kappa shape index (κ3) is 2.24. The van der Waals surface area contributed by atoms with Crippen LogP contribution in [0.1, 0.15) is 11.4 Å². The molecule has 0 spiro atoms. The van der Waals surface area contributed by atoms with Crippen LogP contribution in [-0.4, -0.2) is 28.7 Å². The van der Waals surface area contributed by atoms with Gasteiger partial charge < -0.3 is 4.90 Å². The Morgan fingerprint density at radius 1 is 1.10 bits per heavy atom. The van der Waals surface area contributed by atoms with Gasteiger partial charge in [-0.05, 0) is 31.5 Å². The summed E-state index contributed by atoms with van der Waals surface area (Å²) in [6, 6.07) is 8.44. The van der Waals surface area contributed by atoms with E-state index >= 15 is 0 Å². The summed E-state index contributed by atoms with van der Waals surface area (Å²) < 4.78 is 15.0. The first-order valence-corrected chi connectivity index (χ1v) is 6.77. The highest BCUT2D eigenvalue weighted by Gasteiger charge is 2.16. The second-order valence-electron chi connectivity index (χ2n) is 5.35. The lowest BCUT2D eigenvalue weighted by Gasteiger charge is -2.14. The van der Waals surface area contributed by atoms with Gasteiger partial charge in [0.15, 0.2) is 5.65 Å². The first-order valence-electron chi connectivity index (χ1n) is 6.77. The van der Waals surface area contributed by atoms with Gasteiger partial charge in [0.25, 0.3) is 0 Å². The molecule has 0 fully saturated rings. The van der Waals surface area contributed by atoms with E-state index in [-0.39, 0.29) is 5.82 Å². The number of aromatic nitrogens is 3. The maximum absolute atomic E-state index is 13.1. The standard InChI is InChI=1S/C16H17FN4/c1-10-9-14(20(3)4)21-16(18-10)15(11(2)19-21)12-5-7-13(17)8-6-12/h5-9H,1-4H3. The second kappa shape index (κ2) is 4.84. The van der Waals surface area contributed by atoms with Gasteiger partial charge in [0.05, 0.1) is 5.69 Å². The molecule has 0 amide bonds. The quantitative estimate of drug-likeness (QED) is 0.724. The van der Waals surface area contributed by atoms with E-state index in [2.05, 4.69) is 10.1 Å². The Labute approximate surface area is 122 Å². The van der Waals surface area contributed by atoms with E-state index < -0.39 is 0 Å². The molecule has 0 atom stereocenters. The van der Waals surface area contributed by atoms with Crippen molar-refractivity contribution in [3.8, 4) is 11.1 Å². The van der Waals surface area contributed by atoms with Gasteiger partial charge in [-0.25, -0.2) is 9.37 Å². The number of halogens is 1. The molecule has 0 radical (unpaired) electrons. The SMILES string of the molecule is Cc1cc(N(C)C)n2nc(C)c(-c3ccc(F)cc3)c2n1. The molecule has 0 saturated heterocycles. The molecule has 2 aromatic heterocycles. The Hall–Kier alpha value is -2.43. The van der Waals surface area contributed by atoms with E-state index in [9.17, 15) is 4.39 Å². The number of hydrogen-bond acceptors (Lipinski definition) is 3. The molecule has 0 aliphatic heterocycles. The van der Waals surface area contributed by atoms with Crippen LogP contribution < -0.4 is 4.90 Å². The molecule has 0 bridgehead atoms. The van der Waals surface area contributed by atoms with Crippen molar-refractivity contribution in [2.75, 3.05) is 19.0 Å². The average molecular weight is 284 g/mol. The van der Waals surface area contributed by atoms with Crippen LogP contribution in [0.4, 0.5) is 10.2 Å². The third-order valence-corrected chi connectivity index (χ3v) is 3.46. The largest absolute Gasteiger partial charge is 0.363 e. The Morgan fingerprint density at radius 3 is 2.38 bits per heavy atom. The molecular formula is C16H17FN4. The summed E-state index contributed by atoms with van der Waals surface area (Å²) in [5.41, 5.74) is 4.47. The number of anilines is 1. The predicted molar refractivity (Wildman–Crippen MR) is 82.2 cm³/mol. The number of rotatable bonds is 2. The van der Waals surface area contributed by atoms with E-state index in [1.54, 1.807) is 12.1 Å². The zero-order valence-corrected chi connectivity index (χ0v) is 12.6. The maximum atomic E-state index is 13.1. The highest BCUT2D eigenvalue weighted by Crippen LogP contribution is 2.29.